The van der Waals surface area contributed by atoms with Crippen LogP contribution in [0.5, 0.6) is 5.75 Å². The minimum atomic E-state index is -0.106. The van der Waals surface area contributed by atoms with Crippen molar-refractivity contribution in [3.05, 3.63) is 77.6 Å². The second-order valence-corrected chi connectivity index (χ2v) is 8.12. The fourth-order valence-electron chi connectivity index (χ4n) is 4.59. The lowest BCUT2D eigenvalue weighted by Crippen LogP contribution is -2.31. The van der Waals surface area contributed by atoms with E-state index in [1.807, 2.05) is 6.07 Å². The molecule has 0 saturated heterocycles. The van der Waals surface area contributed by atoms with Gasteiger partial charge in [0.05, 0.1) is 18.2 Å². The minimum absolute atomic E-state index is 0.106. The van der Waals surface area contributed by atoms with Crippen LogP contribution in [0.3, 0.4) is 0 Å². The zero-order valence-electron chi connectivity index (χ0n) is 17.7. The third-order valence-corrected chi connectivity index (χ3v) is 6.29. The number of benzene rings is 2. The zero-order chi connectivity index (χ0) is 21.6. The molecule has 5 nitrogen and oxygen atoms in total. The highest BCUT2D eigenvalue weighted by Gasteiger charge is 2.24. The van der Waals surface area contributed by atoms with Crippen LogP contribution in [0, 0.1) is 17.2 Å². The molecule has 1 aliphatic carbocycles. The third-order valence-electron chi connectivity index (χ3n) is 6.29. The van der Waals surface area contributed by atoms with Gasteiger partial charge in [0.2, 0.25) is 0 Å². The average molecular weight is 414 g/mol. The number of aromatic amines is 1. The van der Waals surface area contributed by atoms with Crippen LogP contribution in [-0.2, 0) is 0 Å². The maximum Gasteiger partial charge on any atom is 0.253 e. The molecule has 158 valence electrons. The summed E-state index contributed by atoms with van der Waals surface area (Å²) >= 11 is 0. The first-order chi connectivity index (χ1) is 15.2. The molecular formula is C26H27N3O2. The van der Waals surface area contributed by atoms with Crippen molar-refractivity contribution in [1.29, 1.82) is 5.26 Å². The summed E-state index contributed by atoms with van der Waals surface area (Å²) in [6.45, 7) is 0.681. The fraction of sp³-hybridized carbons (Fsp3) is 0.308. The first-order valence-corrected chi connectivity index (χ1v) is 10.8. The Bertz CT molecular complexity index is 1070. The van der Waals surface area contributed by atoms with E-state index in [9.17, 15) is 10.1 Å². The highest BCUT2D eigenvalue weighted by molar-refractivity contribution is 6.01. The summed E-state index contributed by atoms with van der Waals surface area (Å²) in [5, 5.41) is 12.5. The van der Waals surface area contributed by atoms with Gasteiger partial charge in [-0.15, -0.1) is 0 Å². The Morgan fingerprint density at radius 1 is 1.06 bits per heavy atom. The topological polar surface area (TPSA) is 77.9 Å². The van der Waals surface area contributed by atoms with Gasteiger partial charge in [0.25, 0.3) is 5.91 Å². The highest BCUT2D eigenvalue weighted by atomic mass is 16.5. The number of H-pyrrole nitrogens is 1. The normalized spacial score (nSPS) is 18.2. The van der Waals surface area contributed by atoms with Crippen LogP contribution in [0.15, 0.2) is 60.9 Å². The van der Waals surface area contributed by atoms with Crippen LogP contribution in [0.2, 0.25) is 0 Å². The maximum atomic E-state index is 12.9. The van der Waals surface area contributed by atoms with Crippen molar-refractivity contribution in [3.8, 4) is 22.9 Å². The molecule has 1 aliphatic rings. The van der Waals surface area contributed by atoms with Crippen LogP contribution in [0.1, 0.15) is 53.1 Å². The van der Waals surface area contributed by atoms with Gasteiger partial charge in [-0.2, -0.15) is 5.26 Å². The molecule has 0 radical (unpaired) electrons. The predicted molar refractivity (Wildman–Crippen MR) is 121 cm³/mol. The van der Waals surface area contributed by atoms with Crippen molar-refractivity contribution >= 4 is 5.91 Å². The van der Waals surface area contributed by atoms with E-state index in [1.165, 1.54) is 12.7 Å². The Hall–Kier alpha value is -3.52. The van der Waals surface area contributed by atoms with Gasteiger partial charge in [-0.05, 0) is 49.1 Å². The number of amides is 1. The van der Waals surface area contributed by atoms with E-state index in [0.29, 0.717) is 35.3 Å². The number of nitriles is 1. The molecule has 0 spiro atoms. The number of nitrogens with one attached hydrogen (secondary N) is 2. The lowest BCUT2D eigenvalue weighted by Gasteiger charge is -2.29. The number of hydrogen-bond donors (Lipinski definition) is 2. The number of aromatic nitrogens is 1. The molecule has 1 heterocycles. The van der Waals surface area contributed by atoms with Crippen molar-refractivity contribution in [2.45, 2.75) is 31.6 Å². The number of para-hydroxylation sites is 1. The number of nitrogens with zero attached hydrogens (tertiary/aromatic N) is 1. The first-order valence-electron chi connectivity index (χ1n) is 10.8. The summed E-state index contributed by atoms with van der Waals surface area (Å²) in [7, 11) is 1.54. The quantitative estimate of drug-likeness (QED) is 0.578. The molecule has 31 heavy (non-hydrogen) atoms. The van der Waals surface area contributed by atoms with E-state index in [2.05, 4.69) is 46.7 Å². The summed E-state index contributed by atoms with van der Waals surface area (Å²) in [5.74, 6) is 1.51. The monoisotopic (exact) mass is 413 g/mol. The van der Waals surface area contributed by atoms with E-state index in [-0.39, 0.29) is 5.91 Å². The molecule has 0 atom stereocenters. The predicted octanol–water partition coefficient (Wildman–Crippen LogP) is 5.27. The van der Waals surface area contributed by atoms with E-state index in [0.717, 1.165) is 36.8 Å². The minimum Gasteiger partial charge on any atom is -0.495 e. The van der Waals surface area contributed by atoms with Crippen LogP contribution < -0.4 is 10.1 Å². The van der Waals surface area contributed by atoms with Crippen LogP contribution in [0.4, 0.5) is 0 Å². The largest absolute Gasteiger partial charge is 0.495 e. The number of hydrogen-bond acceptors (Lipinski definition) is 3. The Balaban J connectivity index is 1.39. The number of carbonyl (C=O) groups is 1. The van der Waals surface area contributed by atoms with Crippen molar-refractivity contribution in [2.75, 3.05) is 13.7 Å². The number of rotatable bonds is 6. The summed E-state index contributed by atoms with van der Waals surface area (Å²) < 4.78 is 5.46. The van der Waals surface area contributed by atoms with E-state index in [1.54, 1.807) is 24.5 Å². The lowest BCUT2D eigenvalue weighted by atomic mass is 9.78. The molecule has 1 saturated carbocycles. The molecule has 2 N–H and O–H groups in total. The fourth-order valence-corrected chi connectivity index (χ4v) is 4.59. The van der Waals surface area contributed by atoms with Crippen LogP contribution >= 0.6 is 0 Å². The SMILES string of the molecule is COc1c(C#N)cccc1-c1c[nH]cc1C(=O)NCC1CCC(c2ccccc2)CC1. The molecule has 4 rings (SSSR count). The molecule has 2 aromatic carbocycles. The zero-order valence-corrected chi connectivity index (χ0v) is 17.7. The molecule has 0 unspecified atom stereocenters. The van der Waals surface area contributed by atoms with Crippen LogP contribution in [-0.4, -0.2) is 24.5 Å². The van der Waals surface area contributed by atoms with E-state index in [4.69, 9.17) is 4.74 Å². The molecule has 1 amide bonds. The van der Waals surface area contributed by atoms with Gasteiger partial charge in [-0.1, -0.05) is 42.5 Å². The van der Waals surface area contributed by atoms with Gasteiger partial charge in [0.1, 0.15) is 11.8 Å². The van der Waals surface area contributed by atoms with Gasteiger partial charge >= 0.3 is 0 Å². The maximum absolute atomic E-state index is 12.9. The van der Waals surface area contributed by atoms with Crippen molar-refractivity contribution in [2.24, 2.45) is 5.92 Å². The van der Waals surface area contributed by atoms with Gasteiger partial charge in [0.15, 0.2) is 0 Å². The van der Waals surface area contributed by atoms with Gasteiger partial charge in [-0.25, -0.2) is 0 Å². The lowest BCUT2D eigenvalue weighted by molar-refractivity contribution is 0.0943. The van der Waals surface area contributed by atoms with E-state index >= 15 is 0 Å². The number of methoxy groups -OCH3 is 1. The second-order valence-electron chi connectivity index (χ2n) is 8.12. The van der Waals surface area contributed by atoms with Gasteiger partial charge in [-0.3, -0.25) is 4.79 Å². The molecule has 0 bridgehead atoms. The smallest absolute Gasteiger partial charge is 0.253 e. The van der Waals surface area contributed by atoms with E-state index < -0.39 is 0 Å². The standard InChI is InChI=1S/C26H27N3O2/c1-31-25-21(14-27)8-5-9-22(25)23-16-28-17-24(23)26(30)29-15-18-10-12-20(13-11-18)19-6-3-2-4-7-19/h2-9,16-18,20,28H,10-13,15H2,1H3,(H,29,30). The molecular weight excluding hydrogens is 386 g/mol. The molecule has 1 fully saturated rings. The Labute approximate surface area is 183 Å². The summed E-state index contributed by atoms with van der Waals surface area (Å²) in [6.07, 6.45) is 8.06. The summed E-state index contributed by atoms with van der Waals surface area (Å²) in [6, 6.07) is 18.2. The van der Waals surface area contributed by atoms with Crippen molar-refractivity contribution in [3.63, 3.8) is 0 Å². The first kappa shape index (κ1) is 20.7. The summed E-state index contributed by atoms with van der Waals surface area (Å²) in [5.41, 5.74) is 3.90. The Morgan fingerprint density at radius 2 is 1.84 bits per heavy atom. The number of carbonyl (C=O) groups excluding carboxylic acids is 1. The Morgan fingerprint density at radius 3 is 2.55 bits per heavy atom. The molecule has 3 aromatic rings. The highest BCUT2D eigenvalue weighted by Crippen LogP contribution is 2.36. The molecule has 0 aliphatic heterocycles. The molecule has 5 heteroatoms. The second kappa shape index (κ2) is 9.53. The molecule has 1 aromatic heterocycles. The van der Waals surface area contributed by atoms with Crippen LogP contribution in [0.25, 0.3) is 11.1 Å². The van der Waals surface area contributed by atoms with Crippen molar-refractivity contribution in [1.82, 2.24) is 10.3 Å². The third kappa shape index (κ3) is 4.49. The van der Waals surface area contributed by atoms with Crippen molar-refractivity contribution < 1.29 is 9.53 Å². The Kier molecular flexibility index (Phi) is 6.37. The van der Waals surface area contributed by atoms with Gasteiger partial charge in [0, 0.05) is 30.1 Å². The summed E-state index contributed by atoms with van der Waals surface area (Å²) in [4.78, 5) is 16.0. The average Bonchev–Trinajstić information content (AvgIpc) is 3.32. The number of ether oxygens (including phenoxy) is 1. The van der Waals surface area contributed by atoms with Gasteiger partial charge < -0.3 is 15.0 Å².